The predicted molar refractivity (Wildman–Crippen MR) is 13.0 cm³/mol. The average molecular weight is 206 g/mol. The normalized spacial score (nSPS) is 1.50. The van der Waals surface area contributed by atoms with Crippen LogP contribution in [0.1, 0.15) is 2.85 Å². The van der Waals surface area contributed by atoms with Crippen molar-refractivity contribution in [1.29, 1.82) is 0 Å². The molecule has 0 saturated heterocycles. The molecule has 0 heterocycles. The monoisotopic (exact) mass is 206 g/mol. The Hall–Kier alpha value is 1.85. The van der Waals surface area contributed by atoms with Crippen molar-refractivity contribution in [3.8, 4) is 0 Å². The molecule has 40 valence electrons. The third-order valence-electron chi connectivity index (χ3n) is 0. The Morgan fingerprint density at radius 2 is 1.33 bits per heavy atom. The van der Waals surface area contributed by atoms with Crippen molar-refractivity contribution in [2.45, 2.75) is 0 Å². The van der Waals surface area contributed by atoms with Crippen LogP contribution in [0.25, 0.3) is 0 Å². The fourth-order valence-corrected chi connectivity index (χ4v) is 0. The van der Waals surface area contributed by atoms with Gasteiger partial charge in [-0.05, 0) is 0 Å². The van der Waals surface area contributed by atoms with Crippen LogP contribution in [0.5, 0.6) is 0 Å². The Kier molecular flexibility index (Phi) is 285. The van der Waals surface area contributed by atoms with Gasteiger partial charge in [-0.25, -0.2) is 0 Å². The van der Waals surface area contributed by atoms with Gasteiger partial charge in [-0.1, -0.05) is 0 Å². The third-order valence-corrected chi connectivity index (χ3v) is 0. The van der Waals surface area contributed by atoms with E-state index >= 15 is 0 Å². The van der Waals surface area contributed by atoms with Crippen LogP contribution < -0.4 is 0 Å². The molecule has 0 spiro atoms. The van der Waals surface area contributed by atoms with Gasteiger partial charge >= 0.3 is 77.1 Å². The summed E-state index contributed by atoms with van der Waals surface area (Å²) in [7, 11) is 0. The number of rotatable bonds is 0. The van der Waals surface area contributed by atoms with Gasteiger partial charge in [-0.3, -0.25) is 0 Å². The van der Waals surface area contributed by atoms with Gasteiger partial charge in [0, 0.05) is 0 Å². The molecule has 0 unspecified atom stereocenters. The molecule has 0 aliphatic heterocycles. The van der Waals surface area contributed by atoms with Crippen molar-refractivity contribution in [1.82, 2.24) is 0 Å². The Labute approximate surface area is 84.3 Å². The number of hydrogen-bond acceptors (Lipinski definition) is 2. The third kappa shape index (κ3) is 40.3. The van der Waals surface area contributed by atoms with Crippen LogP contribution >= 0.6 is 0 Å². The Balaban J connectivity index is -0.00000000167. The van der Waals surface area contributed by atoms with Gasteiger partial charge in [0.05, 0.1) is 0 Å². The first-order valence-electron chi connectivity index (χ1n) is 0.290. The van der Waals surface area contributed by atoms with Gasteiger partial charge in [-0.2, -0.15) is 0 Å². The SMILES string of the molecule is O.[Ca+2].[H-].[H-].[O]=[Co].[O]=[Mn]. The number of hydrogen-bond donors (Lipinski definition) is 0. The minimum atomic E-state index is 0. The van der Waals surface area contributed by atoms with E-state index in [0.29, 0.717) is 0 Å². The molecule has 3 nitrogen and oxygen atoms in total. The summed E-state index contributed by atoms with van der Waals surface area (Å²) < 4.78 is 16.0. The summed E-state index contributed by atoms with van der Waals surface area (Å²) in [4.78, 5) is 0. The summed E-state index contributed by atoms with van der Waals surface area (Å²) in [6.45, 7) is 0. The van der Waals surface area contributed by atoms with Crippen molar-refractivity contribution < 1.29 is 47.6 Å². The van der Waals surface area contributed by atoms with Crippen LogP contribution in [0.3, 0.4) is 0 Å². The Morgan fingerprint density at radius 3 is 1.33 bits per heavy atom. The molecule has 0 atom stereocenters. The summed E-state index contributed by atoms with van der Waals surface area (Å²) in [5, 5.41) is 0. The molecule has 0 bridgehead atoms. The molecule has 6 heteroatoms. The first-order valence-corrected chi connectivity index (χ1v) is 1.20. The topological polar surface area (TPSA) is 65.6 Å². The van der Waals surface area contributed by atoms with E-state index in [1.54, 1.807) is 15.9 Å². The predicted octanol–water partition coefficient (Wildman–Crippen LogP) is -1.22. The van der Waals surface area contributed by atoms with Crippen LogP contribution in [-0.2, 0) is 39.3 Å². The molecule has 0 rings (SSSR count). The van der Waals surface area contributed by atoms with E-state index in [1.165, 1.54) is 0 Å². The van der Waals surface area contributed by atoms with Crippen LogP contribution in [0.4, 0.5) is 0 Å². The summed E-state index contributed by atoms with van der Waals surface area (Å²) in [5.74, 6) is 0. The van der Waals surface area contributed by atoms with E-state index in [1.807, 2.05) is 0 Å². The summed E-state index contributed by atoms with van der Waals surface area (Å²) >= 11 is 4.00. The molecular formula is H4CaCoMnO3. The molecule has 0 aliphatic rings. The van der Waals surface area contributed by atoms with Gasteiger partial charge in [0.15, 0.2) is 0 Å². The van der Waals surface area contributed by atoms with Crippen molar-refractivity contribution in [3.63, 3.8) is 0 Å². The summed E-state index contributed by atoms with van der Waals surface area (Å²) in [6.07, 6.45) is 0. The molecule has 6 heavy (non-hydrogen) atoms. The Bertz CT molecular complexity index is 19.2. The summed E-state index contributed by atoms with van der Waals surface area (Å²) in [6, 6.07) is 0. The second kappa shape index (κ2) is 68.7. The Morgan fingerprint density at radius 1 is 1.33 bits per heavy atom. The van der Waals surface area contributed by atoms with E-state index in [4.69, 9.17) is 7.70 Å². The molecule has 0 aromatic rings. The molecule has 0 aliphatic carbocycles. The fourth-order valence-electron chi connectivity index (χ4n) is 0. The van der Waals surface area contributed by atoms with E-state index in [0.717, 1.165) is 0 Å². The zero-order valence-electron chi connectivity index (χ0n) is 4.73. The molecule has 0 radical (unpaired) electrons. The zero-order valence-corrected chi connectivity index (χ0v) is 7.16. The average Bonchev–Trinajstić information content (AvgIpc) is 1.50. The molecular weight excluding hydrogens is 202 g/mol. The minimum absolute atomic E-state index is 0. The molecule has 0 aromatic heterocycles. The maximum absolute atomic E-state index is 8.06. The van der Waals surface area contributed by atoms with Gasteiger partial charge in [0.1, 0.15) is 0 Å². The van der Waals surface area contributed by atoms with Crippen molar-refractivity contribution >= 4 is 37.7 Å². The standard InChI is InChI=1S/Ca.Co.Mn.H2O.2O.2H/h;;;1H2;;;;/q+2;;;;;;2*-1. The molecule has 0 aromatic carbocycles. The molecule has 0 saturated carbocycles. The van der Waals surface area contributed by atoms with Crippen molar-refractivity contribution in [2.75, 3.05) is 0 Å². The van der Waals surface area contributed by atoms with E-state index < -0.39 is 0 Å². The fraction of sp³-hybridized carbons (Fsp3) is 0. The van der Waals surface area contributed by atoms with Crippen LogP contribution in [0, 0.1) is 0 Å². The van der Waals surface area contributed by atoms with Gasteiger partial charge < -0.3 is 8.33 Å². The van der Waals surface area contributed by atoms with Gasteiger partial charge in [0.2, 0.25) is 0 Å². The van der Waals surface area contributed by atoms with Crippen molar-refractivity contribution in [2.24, 2.45) is 0 Å². The molecule has 0 amide bonds. The van der Waals surface area contributed by atoms with Crippen LogP contribution in [0.15, 0.2) is 0 Å². The second-order valence-corrected chi connectivity index (χ2v) is 0. The first-order chi connectivity index (χ1) is 2.00. The quantitative estimate of drug-likeness (QED) is 0.466. The van der Waals surface area contributed by atoms with E-state index in [2.05, 4.69) is 15.7 Å². The van der Waals surface area contributed by atoms with E-state index in [-0.39, 0.29) is 46.1 Å². The van der Waals surface area contributed by atoms with Gasteiger partial charge in [-0.15, -0.1) is 0 Å². The molecule has 2 N–H and O–H groups in total. The zero-order chi connectivity index (χ0) is 4.00. The van der Waals surface area contributed by atoms with E-state index in [9.17, 15) is 0 Å². The second-order valence-electron chi connectivity index (χ2n) is 0. The first kappa shape index (κ1) is 24.9. The van der Waals surface area contributed by atoms with Crippen LogP contribution in [-0.4, -0.2) is 43.2 Å². The molecule has 0 fully saturated rings. The van der Waals surface area contributed by atoms with Crippen molar-refractivity contribution in [3.05, 3.63) is 0 Å². The van der Waals surface area contributed by atoms with Gasteiger partial charge in [0.25, 0.3) is 0 Å². The maximum atomic E-state index is 8.06. The van der Waals surface area contributed by atoms with Crippen LogP contribution in [0.2, 0.25) is 0 Å². The summed E-state index contributed by atoms with van der Waals surface area (Å²) in [5.41, 5.74) is 0.